The van der Waals surface area contributed by atoms with E-state index in [4.69, 9.17) is 19.2 Å². The Kier molecular flexibility index (Phi) is 7.96. The molecule has 0 saturated carbocycles. The number of ether oxygens (including phenoxy) is 3. The number of aryl methyl sites for hydroxylation is 4. The van der Waals surface area contributed by atoms with Crippen LogP contribution in [0.3, 0.4) is 0 Å². The van der Waals surface area contributed by atoms with Gasteiger partial charge in [-0.2, -0.15) is 0 Å². The Balaban J connectivity index is 1.65. The lowest BCUT2D eigenvalue weighted by Crippen LogP contribution is -2.48. The maximum Gasteiger partial charge on any atom is 0.410 e. The highest BCUT2D eigenvalue weighted by Crippen LogP contribution is 2.38. The largest absolute Gasteiger partial charge is 0.493 e. The van der Waals surface area contributed by atoms with Crippen LogP contribution in [0.1, 0.15) is 61.9 Å². The monoisotopic (exact) mass is 574 g/mol. The fourth-order valence-electron chi connectivity index (χ4n) is 6.16. The number of amides is 1. The van der Waals surface area contributed by atoms with Gasteiger partial charge in [-0.15, -0.1) is 0 Å². The van der Waals surface area contributed by atoms with E-state index in [9.17, 15) is 9.59 Å². The second-order valence-electron chi connectivity index (χ2n) is 12.4. The summed E-state index contributed by atoms with van der Waals surface area (Å²) in [4.78, 5) is 34.0. The van der Waals surface area contributed by atoms with Crippen molar-refractivity contribution in [1.82, 2.24) is 14.0 Å². The molecule has 1 aromatic heterocycles. The van der Waals surface area contributed by atoms with Gasteiger partial charge in [0.05, 0.1) is 25.6 Å². The zero-order valence-electron chi connectivity index (χ0n) is 26.0. The highest BCUT2D eigenvalue weighted by Gasteiger charge is 2.30. The number of carbonyl (C=O) groups excluding carboxylic acids is 1. The summed E-state index contributed by atoms with van der Waals surface area (Å²) in [7, 11) is 3.25. The van der Waals surface area contributed by atoms with Crippen LogP contribution in [0.4, 0.5) is 10.5 Å². The Hall–Kier alpha value is -4.01. The number of nitrogens with zero attached hydrogens (tertiary/aromatic N) is 4. The van der Waals surface area contributed by atoms with Crippen LogP contribution in [0.15, 0.2) is 40.1 Å². The van der Waals surface area contributed by atoms with E-state index in [-0.39, 0.29) is 17.8 Å². The molecule has 0 unspecified atom stereocenters. The summed E-state index contributed by atoms with van der Waals surface area (Å²) in [5.41, 5.74) is 6.97. The van der Waals surface area contributed by atoms with Gasteiger partial charge in [0.25, 0.3) is 0 Å². The lowest BCUT2D eigenvalue weighted by atomic mass is 9.96. The first-order valence-electron chi connectivity index (χ1n) is 14.6. The van der Waals surface area contributed by atoms with Crippen molar-refractivity contribution in [3.05, 3.63) is 68.6 Å². The average molecular weight is 575 g/mol. The number of aromatic nitrogens is 2. The van der Waals surface area contributed by atoms with Crippen LogP contribution in [0.2, 0.25) is 0 Å². The van der Waals surface area contributed by atoms with Crippen molar-refractivity contribution in [3.63, 3.8) is 0 Å². The Morgan fingerprint density at radius 1 is 0.905 bits per heavy atom. The van der Waals surface area contributed by atoms with Crippen molar-refractivity contribution in [2.75, 3.05) is 27.3 Å². The lowest BCUT2D eigenvalue weighted by Gasteiger charge is -2.34. The molecule has 5 rings (SSSR count). The van der Waals surface area contributed by atoms with Gasteiger partial charge in [0.2, 0.25) is 0 Å². The third-order valence-corrected chi connectivity index (χ3v) is 8.07. The summed E-state index contributed by atoms with van der Waals surface area (Å²) in [6.45, 7) is 13.4. The molecule has 0 bridgehead atoms. The number of hydrogen-bond acceptors (Lipinski definition) is 6. The Bertz CT molecular complexity index is 1630. The van der Waals surface area contributed by atoms with E-state index in [1.807, 2.05) is 48.1 Å². The van der Waals surface area contributed by atoms with Gasteiger partial charge < -0.3 is 19.1 Å². The van der Waals surface area contributed by atoms with E-state index in [0.717, 1.165) is 33.6 Å². The van der Waals surface area contributed by atoms with Crippen molar-refractivity contribution in [3.8, 4) is 22.8 Å². The molecule has 3 heterocycles. The van der Waals surface area contributed by atoms with E-state index in [2.05, 4.69) is 32.9 Å². The van der Waals surface area contributed by atoms with Crippen molar-refractivity contribution in [1.29, 1.82) is 0 Å². The molecule has 0 radical (unpaired) electrons. The zero-order chi connectivity index (χ0) is 30.3. The van der Waals surface area contributed by atoms with Gasteiger partial charge in [-0.25, -0.2) is 14.6 Å². The van der Waals surface area contributed by atoms with Crippen molar-refractivity contribution < 1.29 is 19.0 Å². The molecule has 0 atom stereocenters. The smallest absolute Gasteiger partial charge is 0.410 e. The molecular formula is C33H42N4O5. The fourth-order valence-corrected chi connectivity index (χ4v) is 6.16. The van der Waals surface area contributed by atoms with E-state index in [1.165, 1.54) is 5.56 Å². The standard InChI is InChI=1S/C33H42N4O5/c1-20-15-21(2)30(22(3)16-20)34-29-19-26-25-18-28(41-8)27(40-7)17-23(25)9-14-36(26)31(38)37(29)24-10-12-35(13-11-24)32(39)42-33(4,5)6/h15-19,24H,9-14H2,1-8H3. The van der Waals surface area contributed by atoms with Gasteiger partial charge in [0, 0.05) is 37.3 Å². The summed E-state index contributed by atoms with van der Waals surface area (Å²) in [5.74, 6) is 1.29. The minimum Gasteiger partial charge on any atom is -0.493 e. The summed E-state index contributed by atoms with van der Waals surface area (Å²) in [6, 6.07) is 10.1. The van der Waals surface area contributed by atoms with Gasteiger partial charge in [-0.1, -0.05) is 17.7 Å². The van der Waals surface area contributed by atoms with Crippen molar-refractivity contribution in [2.45, 2.75) is 79.0 Å². The minimum atomic E-state index is -0.557. The first-order valence-corrected chi connectivity index (χ1v) is 14.6. The molecule has 9 heteroatoms. The summed E-state index contributed by atoms with van der Waals surface area (Å²) >= 11 is 0. The predicted octanol–water partition coefficient (Wildman–Crippen LogP) is 5.62. The molecule has 0 spiro atoms. The molecule has 42 heavy (non-hydrogen) atoms. The third-order valence-electron chi connectivity index (χ3n) is 8.07. The number of benzene rings is 2. The van der Waals surface area contributed by atoms with E-state index in [0.29, 0.717) is 55.9 Å². The minimum absolute atomic E-state index is 0.0928. The van der Waals surface area contributed by atoms with E-state index in [1.54, 1.807) is 19.1 Å². The lowest BCUT2D eigenvalue weighted by molar-refractivity contribution is 0.0185. The zero-order valence-corrected chi connectivity index (χ0v) is 26.0. The molecule has 2 aliphatic rings. The number of carbonyl (C=O) groups is 1. The third kappa shape index (κ3) is 5.69. The highest BCUT2D eigenvalue weighted by molar-refractivity contribution is 5.70. The Labute approximate surface area is 247 Å². The fraction of sp³-hybridized carbons (Fsp3) is 0.485. The normalized spacial score (nSPS) is 15.7. The van der Waals surface area contributed by atoms with Gasteiger partial charge in [0.1, 0.15) is 11.1 Å². The van der Waals surface area contributed by atoms with Crippen LogP contribution in [0.25, 0.3) is 11.3 Å². The molecule has 0 aliphatic carbocycles. The first-order chi connectivity index (χ1) is 19.9. The van der Waals surface area contributed by atoms with Gasteiger partial charge in [-0.05, 0) is 89.6 Å². The maximum atomic E-state index is 14.3. The molecule has 2 aromatic carbocycles. The molecule has 2 aliphatic heterocycles. The van der Waals surface area contributed by atoms with Gasteiger partial charge >= 0.3 is 11.8 Å². The SMILES string of the molecule is COc1cc2c(cc1OC)-c1cc(=Nc3c(C)cc(C)cc3C)n(C3CCN(C(=O)OC(C)(C)C)CC3)c(=O)n1CC2. The number of rotatable bonds is 4. The number of fused-ring (bicyclic) bond motifs is 3. The molecule has 1 fully saturated rings. The Morgan fingerprint density at radius 2 is 1.52 bits per heavy atom. The number of methoxy groups -OCH3 is 2. The molecule has 224 valence electrons. The summed E-state index contributed by atoms with van der Waals surface area (Å²) in [5, 5.41) is 0. The maximum absolute atomic E-state index is 14.3. The second-order valence-corrected chi connectivity index (χ2v) is 12.4. The van der Waals surface area contributed by atoms with Crippen LogP contribution in [0, 0.1) is 20.8 Å². The van der Waals surface area contributed by atoms with Crippen LogP contribution in [-0.4, -0.2) is 53.0 Å². The van der Waals surface area contributed by atoms with Crippen molar-refractivity contribution >= 4 is 11.8 Å². The van der Waals surface area contributed by atoms with Crippen LogP contribution in [-0.2, 0) is 17.7 Å². The molecule has 3 aromatic rings. The highest BCUT2D eigenvalue weighted by atomic mass is 16.6. The van der Waals surface area contributed by atoms with Gasteiger partial charge in [0.15, 0.2) is 11.5 Å². The molecular weight excluding hydrogens is 532 g/mol. The molecule has 0 N–H and O–H groups in total. The second kappa shape index (κ2) is 11.3. The van der Waals surface area contributed by atoms with E-state index >= 15 is 0 Å². The van der Waals surface area contributed by atoms with Crippen LogP contribution < -0.4 is 20.7 Å². The van der Waals surface area contributed by atoms with Crippen molar-refractivity contribution in [2.24, 2.45) is 4.99 Å². The number of hydrogen-bond donors (Lipinski definition) is 0. The van der Waals surface area contributed by atoms with Crippen LogP contribution >= 0.6 is 0 Å². The first kappa shape index (κ1) is 29.5. The average Bonchev–Trinajstić information content (AvgIpc) is 2.93. The topological polar surface area (TPSA) is 87.3 Å². The summed E-state index contributed by atoms with van der Waals surface area (Å²) in [6.07, 6.45) is 1.65. The Morgan fingerprint density at radius 3 is 2.12 bits per heavy atom. The van der Waals surface area contributed by atoms with Gasteiger partial charge in [-0.3, -0.25) is 9.13 Å². The number of piperidine rings is 1. The summed E-state index contributed by atoms with van der Waals surface area (Å²) < 4.78 is 20.5. The van der Waals surface area contributed by atoms with E-state index < -0.39 is 5.60 Å². The van der Waals surface area contributed by atoms with Crippen LogP contribution in [0.5, 0.6) is 11.5 Å². The predicted molar refractivity (Wildman–Crippen MR) is 163 cm³/mol. The quantitative estimate of drug-likeness (QED) is 0.404. The molecule has 9 nitrogen and oxygen atoms in total. The molecule has 1 saturated heterocycles. The molecule has 1 amide bonds. The number of likely N-dealkylation sites (tertiary alicyclic amines) is 1.